The van der Waals surface area contributed by atoms with Crippen molar-refractivity contribution < 1.29 is 9.59 Å². The molecule has 0 aromatic heterocycles. The summed E-state index contributed by atoms with van der Waals surface area (Å²) >= 11 is 5.95. The molecule has 1 heterocycles. The highest BCUT2D eigenvalue weighted by molar-refractivity contribution is 6.30. The zero-order valence-electron chi connectivity index (χ0n) is 16.8. The summed E-state index contributed by atoms with van der Waals surface area (Å²) in [5.74, 6) is -0.291. The average molecular weight is 419 g/mol. The van der Waals surface area contributed by atoms with E-state index in [2.05, 4.69) is 5.32 Å². The molecular weight excluding hydrogens is 396 g/mol. The summed E-state index contributed by atoms with van der Waals surface area (Å²) in [7, 11) is 0. The van der Waals surface area contributed by atoms with Crippen LogP contribution in [0.2, 0.25) is 5.02 Å². The minimum atomic E-state index is -0.992. The van der Waals surface area contributed by atoms with E-state index in [0.29, 0.717) is 30.1 Å². The van der Waals surface area contributed by atoms with Crippen LogP contribution in [0.15, 0.2) is 78.9 Å². The summed E-state index contributed by atoms with van der Waals surface area (Å²) in [5.41, 5.74) is 2.51. The molecule has 1 atom stereocenters. The lowest BCUT2D eigenvalue weighted by Gasteiger charge is -2.44. The van der Waals surface area contributed by atoms with E-state index in [4.69, 9.17) is 11.6 Å². The third-order valence-electron chi connectivity index (χ3n) is 5.66. The van der Waals surface area contributed by atoms with Gasteiger partial charge >= 0.3 is 0 Å². The van der Waals surface area contributed by atoms with Crippen LogP contribution in [0.25, 0.3) is 0 Å². The minimum Gasteiger partial charge on any atom is -0.350 e. The average Bonchev–Trinajstić information content (AvgIpc) is 2.77. The van der Waals surface area contributed by atoms with Gasteiger partial charge in [-0.25, -0.2) is 0 Å². The van der Waals surface area contributed by atoms with Crippen LogP contribution in [-0.2, 0) is 24.3 Å². The van der Waals surface area contributed by atoms with E-state index >= 15 is 0 Å². The molecule has 0 bridgehead atoms. The summed E-state index contributed by atoms with van der Waals surface area (Å²) in [4.78, 5) is 28.5. The molecule has 1 N–H and O–H groups in total. The molecule has 0 spiro atoms. The molecule has 0 aliphatic carbocycles. The number of fused-ring (bicyclic) bond motifs is 1. The second-order valence-electron chi connectivity index (χ2n) is 7.79. The standard InChI is InChI=1S/C25H23ClN2O2/c1-25(24(30)27-16-18-11-13-21(26)14-12-18)15-20-9-5-6-10-22(20)23(29)28(25)17-19-7-3-2-4-8-19/h2-14H,15-17H2,1H3,(H,27,30)/t25-/m1/s1. The number of nitrogens with one attached hydrogen (secondary N) is 1. The Balaban J connectivity index is 1.63. The first-order chi connectivity index (χ1) is 14.5. The fraction of sp³-hybridized carbons (Fsp3) is 0.200. The largest absolute Gasteiger partial charge is 0.350 e. The maximum absolute atomic E-state index is 13.4. The molecule has 152 valence electrons. The quantitative estimate of drug-likeness (QED) is 0.657. The van der Waals surface area contributed by atoms with Crippen molar-refractivity contribution in [1.29, 1.82) is 0 Å². The van der Waals surface area contributed by atoms with Crippen molar-refractivity contribution in [1.82, 2.24) is 10.2 Å². The topological polar surface area (TPSA) is 49.4 Å². The summed E-state index contributed by atoms with van der Waals surface area (Å²) in [6, 6.07) is 24.7. The fourth-order valence-electron chi connectivity index (χ4n) is 3.91. The molecule has 3 aromatic carbocycles. The van der Waals surface area contributed by atoms with Gasteiger partial charge in [-0.05, 0) is 41.8 Å². The minimum absolute atomic E-state index is 0.121. The molecular formula is C25H23ClN2O2. The number of carbonyl (C=O) groups is 2. The van der Waals surface area contributed by atoms with E-state index in [-0.39, 0.29) is 11.8 Å². The smallest absolute Gasteiger partial charge is 0.255 e. The Kier molecular flexibility index (Phi) is 5.60. The fourth-order valence-corrected chi connectivity index (χ4v) is 4.04. The zero-order chi connectivity index (χ0) is 21.1. The van der Waals surface area contributed by atoms with E-state index in [1.54, 1.807) is 17.0 Å². The van der Waals surface area contributed by atoms with Crippen LogP contribution in [0.5, 0.6) is 0 Å². The Bertz CT molecular complexity index is 1070. The molecule has 3 aromatic rings. The van der Waals surface area contributed by atoms with Gasteiger partial charge in [0.2, 0.25) is 5.91 Å². The van der Waals surface area contributed by atoms with Gasteiger partial charge in [0.05, 0.1) is 0 Å². The lowest BCUT2D eigenvalue weighted by molar-refractivity contribution is -0.132. The lowest BCUT2D eigenvalue weighted by Crippen LogP contribution is -2.62. The van der Waals surface area contributed by atoms with Crippen LogP contribution in [0.1, 0.15) is 34.0 Å². The molecule has 1 aliphatic rings. The SMILES string of the molecule is C[C@]1(C(=O)NCc2ccc(Cl)cc2)Cc2ccccc2C(=O)N1Cc1ccccc1. The molecule has 0 saturated heterocycles. The van der Waals surface area contributed by atoms with Gasteiger partial charge < -0.3 is 10.2 Å². The van der Waals surface area contributed by atoms with Crippen LogP contribution in [-0.4, -0.2) is 22.3 Å². The zero-order valence-corrected chi connectivity index (χ0v) is 17.5. The first-order valence-corrected chi connectivity index (χ1v) is 10.3. The van der Waals surface area contributed by atoms with Gasteiger partial charge in [0.1, 0.15) is 5.54 Å². The van der Waals surface area contributed by atoms with Gasteiger partial charge in [0.25, 0.3) is 5.91 Å². The molecule has 1 aliphatic heterocycles. The maximum Gasteiger partial charge on any atom is 0.255 e. The number of nitrogens with zero attached hydrogens (tertiary/aromatic N) is 1. The Morgan fingerprint density at radius 3 is 2.37 bits per heavy atom. The summed E-state index contributed by atoms with van der Waals surface area (Å²) in [5, 5.41) is 3.67. The van der Waals surface area contributed by atoms with Gasteiger partial charge in [0.15, 0.2) is 0 Å². The van der Waals surface area contributed by atoms with Crippen LogP contribution in [0.3, 0.4) is 0 Å². The number of hydrogen-bond donors (Lipinski definition) is 1. The Labute approximate surface area is 181 Å². The van der Waals surface area contributed by atoms with E-state index in [1.165, 1.54) is 0 Å². The number of hydrogen-bond acceptors (Lipinski definition) is 2. The third kappa shape index (κ3) is 3.96. The number of halogens is 1. The van der Waals surface area contributed by atoms with Crippen molar-refractivity contribution in [2.24, 2.45) is 0 Å². The normalized spacial score (nSPS) is 18.1. The van der Waals surface area contributed by atoms with E-state index in [9.17, 15) is 9.59 Å². The van der Waals surface area contributed by atoms with Crippen molar-refractivity contribution in [3.63, 3.8) is 0 Å². The predicted molar refractivity (Wildman–Crippen MR) is 118 cm³/mol. The van der Waals surface area contributed by atoms with E-state index in [1.807, 2.05) is 73.7 Å². The molecule has 4 nitrogen and oxygen atoms in total. The van der Waals surface area contributed by atoms with Crippen LogP contribution >= 0.6 is 11.6 Å². The molecule has 0 unspecified atom stereocenters. The van der Waals surface area contributed by atoms with Crippen LogP contribution < -0.4 is 5.32 Å². The van der Waals surface area contributed by atoms with Crippen molar-refractivity contribution >= 4 is 23.4 Å². The number of rotatable bonds is 5. The molecule has 0 fully saturated rings. The summed E-state index contributed by atoms with van der Waals surface area (Å²) in [6.45, 7) is 2.60. The van der Waals surface area contributed by atoms with Gasteiger partial charge in [-0.1, -0.05) is 72.3 Å². The summed E-state index contributed by atoms with van der Waals surface area (Å²) < 4.78 is 0. The second-order valence-corrected chi connectivity index (χ2v) is 8.23. The highest BCUT2D eigenvalue weighted by Gasteiger charge is 2.46. The number of carbonyl (C=O) groups excluding carboxylic acids is 2. The third-order valence-corrected chi connectivity index (χ3v) is 5.91. The van der Waals surface area contributed by atoms with Crippen molar-refractivity contribution in [2.75, 3.05) is 0 Å². The number of amides is 2. The van der Waals surface area contributed by atoms with Crippen molar-refractivity contribution in [2.45, 2.75) is 32.0 Å². The van der Waals surface area contributed by atoms with Crippen LogP contribution in [0.4, 0.5) is 0 Å². The summed E-state index contributed by atoms with van der Waals surface area (Å²) in [6.07, 6.45) is 0.466. The highest BCUT2D eigenvalue weighted by atomic mass is 35.5. The van der Waals surface area contributed by atoms with E-state index < -0.39 is 5.54 Å². The van der Waals surface area contributed by atoms with Gasteiger partial charge in [-0.3, -0.25) is 9.59 Å². The number of benzene rings is 3. The molecule has 0 saturated carbocycles. The van der Waals surface area contributed by atoms with Gasteiger partial charge in [-0.2, -0.15) is 0 Å². The van der Waals surface area contributed by atoms with E-state index in [0.717, 1.165) is 16.7 Å². The first kappa shape index (κ1) is 20.2. The molecule has 0 radical (unpaired) electrons. The van der Waals surface area contributed by atoms with Crippen molar-refractivity contribution in [3.05, 3.63) is 106 Å². The molecule has 2 amide bonds. The molecule has 4 rings (SSSR count). The first-order valence-electron chi connectivity index (χ1n) is 9.94. The Morgan fingerprint density at radius 1 is 0.967 bits per heavy atom. The Hall–Kier alpha value is -3.11. The van der Waals surface area contributed by atoms with Crippen LogP contribution in [0, 0.1) is 0 Å². The monoisotopic (exact) mass is 418 g/mol. The maximum atomic E-state index is 13.4. The molecule has 30 heavy (non-hydrogen) atoms. The molecule has 5 heteroatoms. The lowest BCUT2D eigenvalue weighted by atomic mass is 9.82. The van der Waals surface area contributed by atoms with Gasteiger partial charge in [-0.15, -0.1) is 0 Å². The second kappa shape index (κ2) is 8.33. The highest BCUT2D eigenvalue weighted by Crippen LogP contribution is 2.32. The van der Waals surface area contributed by atoms with Crippen molar-refractivity contribution in [3.8, 4) is 0 Å². The Morgan fingerprint density at radius 2 is 1.63 bits per heavy atom. The predicted octanol–water partition coefficient (Wildman–Crippen LogP) is 4.61. The van der Waals surface area contributed by atoms with Gasteiger partial charge in [0, 0.05) is 30.1 Å².